The van der Waals surface area contributed by atoms with Crippen molar-refractivity contribution < 1.29 is 13.9 Å². The summed E-state index contributed by atoms with van der Waals surface area (Å²) in [7, 11) is 1.33. The molecule has 0 atom stereocenters. The lowest BCUT2D eigenvalue weighted by atomic mass is 10.2. The SMILES string of the molecule is COc1cc(=O)n(-c2ccc(F)cc2)nc1C(=O)Nc1cccc(Cl)c1. The second-order valence-electron chi connectivity index (χ2n) is 5.25. The van der Waals surface area contributed by atoms with Crippen molar-refractivity contribution in [2.45, 2.75) is 0 Å². The first-order valence-corrected chi connectivity index (χ1v) is 7.87. The van der Waals surface area contributed by atoms with E-state index in [0.29, 0.717) is 16.4 Å². The van der Waals surface area contributed by atoms with Crippen molar-refractivity contribution in [1.29, 1.82) is 0 Å². The zero-order valence-electron chi connectivity index (χ0n) is 13.6. The molecule has 2 aromatic carbocycles. The molecule has 1 aromatic heterocycles. The lowest BCUT2D eigenvalue weighted by Gasteiger charge is -2.11. The largest absolute Gasteiger partial charge is 0.494 e. The van der Waals surface area contributed by atoms with Gasteiger partial charge in [0.15, 0.2) is 11.4 Å². The summed E-state index contributed by atoms with van der Waals surface area (Å²) in [5.74, 6) is -1.01. The predicted octanol–water partition coefficient (Wildman–Crippen LogP) is 3.29. The molecule has 8 heteroatoms. The zero-order valence-corrected chi connectivity index (χ0v) is 14.3. The van der Waals surface area contributed by atoms with Crippen LogP contribution in [-0.2, 0) is 0 Å². The summed E-state index contributed by atoms with van der Waals surface area (Å²) < 4.78 is 19.2. The van der Waals surface area contributed by atoms with Crippen LogP contribution < -0.4 is 15.6 Å². The number of methoxy groups -OCH3 is 1. The number of hydrogen-bond donors (Lipinski definition) is 1. The Morgan fingerprint density at radius 2 is 1.92 bits per heavy atom. The van der Waals surface area contributed by atoms with Crippen LogP contribution in [0.25, 0.3) is 5.69 Å². The number of anilines is 1. The average Bonchev–Trinajstić information content (AvgIpc) is 2.62. The monoisotopic (exact) mass is 373 g/mol. The van der Waals surface area contributed by atoms with E-state index in [0.717, 1.165) is 10.7 Å². The summed E-state index contributed by atoms with van der Waals surface area (Å²) in [6.07, 6.45) is 0. The zero-order chi connectivity index (χ0) is 18.7. The van der Waals surface area contributed by atoms with Gasteiger partial charge in [0, 0.05) is 10.7 Å². The van der Waals surface area contributed by atoms with Gasteiger partial charge in [0.1, 0.15) is 5.82 Å². The summed E-state index contributed by atoms with van der Waals surface area (Å²) in [5, 5.41) is 7.17. The van der Waals surface area contributed by atoms with E-state index in [-0.39, 0.29) is 11.4 Å². The molecular weight excluding hydrogens is 361 g/mol. The number of aromatic nitrogens is 2. The normalized spacial score (nSPS) is 10.4. The van der Waals surface area contributed by atoms with Gasteiger partial charge in [-0.3, -0.25) is 9.59 Å². The molecule has 0 radical (unpaired) electrons. The van der Waals surface area contributed by atoms with Crippen LogP contribution in [0, 0.1) is 5.82 Å². The van der Waals surface area contributed by atoms with E-state index in [2.05, 4.69) is 10.4 Å². The second-order valence-corrected chi connectivity index (χ2v) is 5.69. The van der Waals surface area contributed by atoms with Gasteiger partial charge in [-0.1, -0.05) is 17.7 Å². The van der Waals surface area contributed by atoms with Crippen LogP contribution in [0.15, 0.2) is 59.4 Å². The number of nitrogens with zero attached hydrogens (tertiary/aromatic N) is 2. The Labute approximate surface area is 152 Å². The molecule has 1 N–H and O–H groups in total. The van der Waals surface area contributed by atoms with E-state index in [9.17, 15) is 14.0 Å². The second kappa shape index (κ2) is 7.37. The molecule has 1 amide bonds. The molecule has 1 heterocycles. The van der Waals surface area contributed by atoms with Gasteiger partial charge >= 0.3 is 0 Å². The summed E-state index contributed by atoms with van der Waals surface area (Å²) in [6.45, 7) is 0. The third-order valence-electron chi connectivity index (χ3n) is 3.49. The summed E-state index contributed by atoms with van der Waals surface area (Å²) >= 11 is 5.90. The molecule has 0 aliphatic carbocycles. The van der Waals surface area contributed by atoms with Crippen molar-refractivity contribution in [2.75, 3.05) is 12.4 Å². The fourth-order valence-electron chi connectivity index (χ4n) is 2.28. The Hall–Kier alpha value is -3.19. The molecule has 0 spiro atoms. The van der Waals surface area contributed by atoms with Crippen LogP contribution in [0.4, 0.5) is 10.1 Å². The number of carbonyl (C=O) groups is 1. The van der Waals surface area contributed by atoms with Gasteiger partial charge < -0.3 is 10.1 Å². The first-order valence-electron chi connectivity index (χ1n) is 7.49. The van der Waals surface area contributed by atoms with Gasteiger partial charge in [-0.05, 0) is 42.5 Å². The quantitative estimate of drug-likeness (QED) is 0.761. The summed E-state index contributed by atoms with van der Waals surface area (Å²) in [4.78, 5) is 24.8. The Morgan fingerprint density at radius 1 is 1.19 bits per heavy atom. The van der Waals surface area contributed by atoms with Crippen LogP contribution in [0.5, 0.6) is 5.75 Å². The van der Waals surface area contributed by atoms with Gasteiger partial charge in [0.05, 0.1) is 18.9 Å². The molecule has 0 bridgehead atoms. The van der Waals surface area contributed by atoms with Crippen molar-refractivity contribution in [3.05, 3.63) is 81.5 Å². The number of halogens is 2. The first kappa shape index (κ1) is 17.6. The predicted molar refractivity (Wildman–Crippen MR) is 95.7 cm³/mol. The van der Waals surface area contributed by atoms with E-state index >= 15 is 0 Å². The molecule has 3 rings (SSSR count). The maximum Gasteiger partial charge on any atom is 0.280 e. The van der Waals surface area contributed by atoms with Gasteiger partial charge in [-0.25, -0.2) is 4.39 Å². The van der Waals surface area contributed by atoms with E-state index in [4.69, 9.17) is 16.3 Å². The van der Waals surface area contributed by atoms with Crippen LogP contribution in [0.2, 0.25) is 5.02 Å². The number of nitrogens with one attached hydrogen (secondary N) is 1. The lowest BCUT2D eigenvalue weighted by Crippen LogP contribution is -2.26. The minimum atomic E-state index is -0.583. The highest BCUT2D eigenvalue weighted by Gasteiger charge is 2.18. The first-order chi connectivity index (χ1) is 12.5. The summed E-state index contributed by atoms with van der Waals surface area (Å²) in [5.41, 5.74) is 0.158. The van der Waals surface area contributed by atoms with Crippen molar-refractivity contribution in [3.8, 4) is 11.4 Å². The molecule has 26 heavy (non-hydrogen) atoms. The molecule has 6 nitrogen and oxygen atoms in total. The van der Waals surface area contributed by atoms with Crippen molar-refractivity contribution in [2.24, 2.45) is 0 Å². The van der Waals surface area contributed by atoms with Crippen LogP contribution in [0.3, 0.4) is 0 Å². The average molecular weight is 374 g/mol. The third kappa shape index (κ3) is 3.73. The molecule has 0 aliphatic heterocycles. The maximum absolute atomic E-state index is 13.1. The number of benzene rings is 2. The Balaban J connectivity index is 2.02. The highest BCUT2D eigenvalue weighted by Crippen LogP contribution is 2.19. The van der Waals surface area contributed by atoms with Gasteiger partial charge in [-0.2, -0.15) is 9.78 Å². The molecule has 0 saturated heterocycles. The molecule has 3 aromatic rings. The molecular formula is C18H13ClFN3O3. The lowest BCUT2D eigenvalue weighted by molar-refractivity contribution is 0.101. The topological polar surface area (TPSA) is 73.2 Å². The Morgan fingerprint density at radius 3 is 2.58 bits per heavy atom. The molecule has 0 aliphatic rings. The highest BCUT2D eigenvalue weighted by atomic mass is 35.5. The standard InChI is InChI=1S/C18H13ClFN3O3/c1-26-15-10-16(24)23(14-7-5-12(20)6-8-14)22-17(15)18(25)21-13-4-2-3-11(19)9-13/h2-10H,1H3,(H,21,25). The number of amides is 1. The minimum Gasteiger partial charge on any atom is -0.494 e. The highest BCUT2D eigenvalue weighted by molar-refractivity contribution is 6.30. The number of hydrogen-bond acceptors (Lipinski definition) is 4. The van der Waals surface area contributed by atoms with Crippen LogP contribution in [-0.4, -0.2) is 22.8 Å². The Bertz CT molecular complexity index is 1020. The van der Waals surface area contributed by atoms with E-state index in [1.165, 1.54) is 31.4 Å². The van der Waals surface area contributed by atoms with Crippen molar-refractivity contribution in [3.63, 3.8) is 0 Å². The van der Waals surface area contributed by atoms with Crippen molar-refractivity contribution in [1.82, 2.24) is 9.78 Å². The summed E-state index contributed by atoms with van der Waals surface area (Å²) in [6, 6.07) is 12.9. The maximum atomic E-state index is 13.1. The smallest absolute Gasteiger partial charge is 0.280 e. The van der Waals surface area contributed by atoms with Crippen LogP contribution >= 0.6 is 11.6 Å². The van der Waals surface area contributed by atoms with Crippen LogP contribution in [0.1, 0.15) is 10.5 Å². The van der Waals surface area contributed by atoms with Gasteiger partial charge in [-0.15, -0.1) is 0 Å². The van der Waals surface area contributed by atoms with E-state index < -0.39 is 17.3 Å². The minimum absolute atomic E-state index is 0.0212. The number of rotatable bonds is 4. The third-order valence-corrected chi connectivity index (χ3v) is 3.72. The van der Waals surface area contributed by atoms with Gasteiger partial charge in [0.2, 0.25) is 0 Å². The molecule has 0 unspecified atom stereocenters. The molecule has 132 valence electrons. The molecule has 0 fully saturated rings. The van der Waals surface area contributed by atoms with E-state index in [1.807, 2.05) is 0 Å². The number of ether oxygens (including phenoxy) is 1. The fourth-order valence-corrected chi connectivity index (χ4v) is 2.47. The Kier molecular flexibility index (Phi) is 4.99. The van der Waals surface area contributed by atoms with Gasteiger partial charge in [0.25, 0.3) is 11.5 Å². The fraction of sp³-hybridized carbons (Fsp3) is 0.0556. The number of carbonyl (C=O) groups excluding carboxylic acids is 1. The van der Waals surface area contributed by atoms with E-state index in [1.54, 1.807) is 24.3 Å². The van der Waals surface area contributed by atoms with Crippen molar-refractivity contribution >= 4 is 23.2 Å². The molecule has 0 saturated carbocycles.